The Morgan fingerprint density at radius 3 is 1.92 bits per heavy atom. The molecule has 0 heterocycles. The van der Waals surface area contributed by atoms with Crippen LogP contribution in [0, 0.1) is 15.5 Å². The number of benzene rings is 1. The summed E-state index contributed by atoms with van der Waals surface area (Å²) in [7, 11) is 0. The van der Waals surface area contributed by atoms with Gasteiger partial charge in [-0.25, -0.2) is 0 Å². The molecule has 1 rings (SSSR count). The van der Waals surface area contributed by atoms with Crippen LogP contribution in [0.5, 0.6) is 0 Å². The van der Waals surface area contributed by atoms with Gasteiger partial charge in [-0.3, -0.25) is 19.7 Å². The monoisotopic (exact) mass is 337 g/mol. The number of non-ortho nitro benzene ring substituents is 1. The molecule has 0 bridgehead atoms. The minimum Gasteiger partial charge on any atom is -0.465 e. The molecule has 0 amide bonds. The maximum atomic E-state index is 12.4. The summed E-state index contributed by atoms with van der Waals surface area (Å²) in [5.74, 6) is -1.18. The first-order valence-electron chi connectivity index (χ1n) is 7.99. The van der Waals surface area contributed by atoms with Crippen LogP contribution in [0.15, 0.2) is 24.3 Å². The van der Waals surface area contributed by atoms with Crippen LogP contribution in [0.2, 0.25) is 0 Å². The van der Waals surface area contributed by atoms with Crippen LogP contribution in [0.25, 0.3) is 0 Å². The highest BCUT2D eigenvalue weighted by Gasteiger charge is 2.46. The lowest BCUT2D eigenvalue weighted by Crippen LogP contribution is -2.42. The van der Waals surface area contributed by atoms with Crippen molar-refractivity contribution < 1.29 is 24.0 Å². The van der Waals surface area contributed by atoms with Crippen molar-refractivity contribution in [1.82, 2.24) is 0 Å². The van der Waals surface area contributed by atoms with Gasteiger partial charge in [0.25, 0.3) is 5.69 Å². The quantitative estimate of drug-likeness (QED) is 0.297. The molecular weight excluding hydrogens is 314 g/mol. The summed E-state index contributed by atoms with van der Waals surface area (Å²) < 4.78 is 10.2. The van der Waals surface area contributed by atoms with Crippen LogP contribution in [0.4, 0.5) is 5.69 Å². The van der Waals surface area contributed by atoms with Crippen LogP contribution in [-0.2, 0) is 25.5 Å². The van der Waals surface area contributed by atoms with E-state index in [4.69, 9.17) is 9.47 Å². The van der Waals surface area contributed by atoms with Crippen molar-refractivity contribution in [3.63, 3.8) is 0 Å². The fourth-order valence-corrected chi connectivity index (χ4v) is 2.43. The minimum absolute atomic E-state index is 0.00343. The van der Waals surface area contributed by atoms with E-state index < -0.39 is 22.3 Å². The van der Waals surface area contributed by atoms with Crippen LogP contribution in [0.3, 0.4) is 0 Å². The molecule has 0 saturated heterocycles. The van der Waals surface area contributed by atoms with Gasteiger partial charge in [-0.1, -0.05) is 19.1 Å². The average Bonchev–Trinajstić information content (AvgIpc) is 2.56. The van der Waals surface area contributed by atoms with Crippen LogP contribution in [-0.4, -0.2) is 30.1 Å². The zero-order valence-corrected chi connectivity index (χ0v) is 14.2. The predicted molar refractivity (Wildman–Crippen MR) is 87.4 cm³/mol. The van der Waals surface area contributed by atoms with Crippen molar-refractivity contribution in [2.24, 2.45) is 5.41 Å². The van der Waals surface area contributed by atoms with E-state index >= 15 is 0 Å². The summed E-state index contributed by atoms with van der Waals surface area (Å²) in [6.45, 7) is 5.46. The number of aryl methyl sites for hydroxylation is 1. The number of carbonyl (C=O) groups is 2. The zero-order chi connectivity index (χ0) is 18.2. The Labute approximate surface area is 141 Å². The maximum absolute atomic E-state index is 12.4. The highest BCUT2D eigenvalue weighted by atomic mass is 16.6. The van der Waals surface area contributed by atoms with Gasteiger partial charge >= 0.3 is 11.9 Å². The lowest BCUT2D eigenvalue weighted by atomic mass is 9.79. The second-order valence-corrected chi connectivity index (χ2v) is 5.30. The van der Waals surface area contributed by atoms with Crippen molar-refractivity contribution in [2.75, 3.05) is 13.2 Å². The van der Waals surface area contributed by atoms with Crippen LogP contribution >= 0.6 is 0 Å². The summed E-state index contributed by atoms with van der Waals surface area (Å²) in [5.41, 5.74) is -0.559. The SMILES string of the molecule is CCOC(=O)C(CC)(CCc1ccc([N+](=O)[O-])cc1)C(=O)OCC. The second-order valence-electron chi connectivity index (χ2n) is 5.30. The van der Waals surface area contributed by atoms with Crippen molar-refractivity contribution >= 4 is 17.6 Å². The Morgan fingerprint density at radius 1 is 1.04 bits per heavy atom. The molecule has 132 valence electrons. The summed E-state index contributed by atoms with van der Waals surface area (Å²) in [6, 6.07) is 6.04. The maximum Gasteiger partial charge on any atom is 0.323 e. The normalized spacial score (nSPS) is 11.0. The van der Waals surface area contributed by atoms with E-state index in [9.17, 15) is 19.7 Å². The third-order valence-electron chi connectivity index (χ3n) is 3.92. The second kappa shape index (κ2) is 9.00. The number of hydrogen-bond acceptors (Lipinski definition) is 6. The van der Waals surface area contributed by atoms with Gasteiger partial charge in [-0.2, -0.15) is 0 Å². The molecule has 0 unspecified atom stereocenters. The van der Waals surface area contributed by atoms with Crippen molar-refractivity contribution in [2.45, 2.75) is 40.0 Å². The highest BCUT2D eigenvalue weighted by molar-refractivity contribution is 6.00. The summed E-state index contributed by atoms with van der Waals surface area (Å²) in [4.78, 5) is 34.9. The van der Waals surface area contributed by atoms with Crippen molar-refractivity contribution in [1.29, 1.82) is 0 Å². The predicted octanol–water partition coefficient (Wildman–Crippen LogP) is 3.05. The Kier molecular flexibility index (Phi) is 7.35. The number of rotatable bonds is 9. The molecule has 0 fully saturated rings. The van der Waals surface area contributed by atoms with Gasteiger partial charge in [-0.05, 0) is 38.7 Å². The van der Waals surface area contributed by atoms with Gasteiger partial charge in [0.15, 0.2) is 5.41 Å². The van der Waals surface area contributed by atoms with Crippen molar-refractivity contribution in [3.8, 4) is 0 Å². The van der Waals surface area contributed by atoms with Crippen LogP contribution in [0.1, 0.15) is 39.2 Å². The molecule has 0 N–H and O–H groups in total. The molecule has 0 aliphatic rings. The molecule has 0 spiro atoms. The number of carbonyl (C=O) groups excluding carboxylic acids is 2. The van der Waals surface area contributed by atoms with E-state index in [0.29, 0.717) is 6.42 Å². The summed E-state index contributed by atoms with van der Waals surface area (Å²) in [6.07, 6.45) is 0.889. The lowest BCUT2D eigenvalue weighted by Gasteiger charge is -2.28. The Morgan fingerprint density at radius 2 is 1.54 bits per heavy atom. The standard InChI is InChI=1S/C17H23NO6/c1-4-17(15(19)23-5-2,16(20)24-6-3)12-11-13-7-9-14(10-8-13)18(21)22/h7-10H,4-6,11-12H2,1-3H3. The summed E-state index contributed by atoms with van der Waals surface area (Å²) in [5, 5.41) is 10.7. The van der Waals surface area contributed by atoms with Gasteiger partial charge in [0.2, 0.25) is 0 Å². The first kappa shape index (κ1) is 19.6. The van der Waals surface area contributed by atoms with E-state index in [-0.39, 0.29) is 31.7 Å². The van der Waals surface area contributed by atoms with Gasteiger partial charge < -0.3 is 9.47 Å². The van der Waals surface area contributed by atoms with E-state index in [1.54, 1.807) is 32.9 Å². The molecule has 0 aromatic heterocycles. The molecular formula is C17H23NO6. The average molecular weight is 337 g/mol. The molecule has 0 atom stereocenters. The third-order valence-corrected chi connectivity index (χ3v) is 3.92. The van der Waals surface area contributed by atoms with Gasteiger partial charge in [0, 0.05) is 12.1 Å². The van der Waals surface area contributed by atoms with E-state index in [0.717, 1.165) is 5.56 Å². The number of nitro benzene ring substituents is 1. The number of nitrogens with zero attached hydrogens (tertiary/aromatic N) is 1. The molecule has 0 radical (unpaired) electrons. The minimum atomic E-state index is -1.35. The molecule has 1 aromatic rings. The Balaban J connectivity index is 2.97. The van der Waals surface area contributed by atoms with Crippen LogP contribution < -0.4 is 0 Å². The molecule has 7 nitrogen and oxygen atoms in total. The number of esters is 2. The molecule has 0 aliphatic heterocycles. The molecule has 24 heavy (non-hydrogen) atoms. The fraction of sp³-hybridized carbons (Fsp3) is 0.529. The topological polar surface area (TPSA) is 95.7 Å². The smallest absolute Gasteiger partial charge is 0.323 e. The fourth-order valence-electron chi connectivity index (χ4n) is 2.43. The van der Waals surface area contributed by atoms with Gasteiger partial charge in [0.1, 0.15) is 0 Å². The molecule has 0 saturated carbocycles. The van der Waals surface area contributed by atoms with E-state index in [2.05, 4.69) is 0 Å². The molecule has 7 heteroatoms. The molecule has 1 aromatic carbocycles. The van der Waals surface area contributed by atoms with Gasteiger partial charge in [0.05, 0.1) is 18.1 Å². The first-order valence-corrected chi connectivity index (χ1v) is 7.99. The highest BCUT2D eigenvalue weighted by Crippen LogP contribution is 2.32. The molecule has 0 aliphatic carbocycles. The largest absolute Gasteiger partial charge is 0.465 e. The number of nitro groups is 1. The van der Waals surface area contributed by atoms with E-state index in [1.165, 1.54) is 12.1 Å². The lowest BCUT2D eigenvalue weighted by molar-refractivity contribution is -0.384. The Hall–Kier alpha value is -2.44. The number of ether oxygens (including phenoxy) is 2. The summed E-state index contributed by atoms with van der Waals surface area (Å²) >= 11 is 0. The Bertz CT molecular complexity index is 563. The number of hydrogen-bond donors (Lipinski definition) is 0. The van der Waals surface area contributed by atoms with Crippen molar-refractivity contribution in [3.05, 3.63) is 39.9 Å². The zero-order valence-electron chi connectivity index (χ0n) is 14.2. The first-order chi connectivity index (χ1) is 11.4. The third kappa shape index (κ3) is 4.53. The van der Waals surface area contributed by atoms with Gasteiger partial charge in [-0.15, -0.1) is 0 Å². The van der Waals surface area contributed by atoms with E-state index in [1.807, 2.05) is 0 Å².